The van der Waals surface area contributed by atoms with Crippen molar-refractivity contribution in [3.63, 3.8) is 0 Å². The first kappa shape index (κ1) is 7.84. The molecule has 0 atom stereocenters. The minimum atomic E-state index is -0.829. The maximum atomic E-state index is 10.8. The minimum Gasteiger partial charge on any atom is -0.481 e. The summed E-state index contributed by atoms with van der Waals surface area (Å²) in [6, 6.07) is -0.206. The maximum absolute atomic E-state index is 10.8. The number of nitrogens with one attached hydrogen (secondary N) is 1. The molecule has 2 amide bonds. The van der Waals surface area contributed by atoms with Crippen LogP contribution in [0.4, 0.5) is 4.79 Å². The summed E-state index contributed by atoms with van der Waals surface area (Å²) in [5.41, 5.74) is 0. The highest BCUT2D eigenvalue weighted by atomic mass is 16.4. The van der Waals surface area contributed by atoms with Crippen LogP contribution in [0.25, 0.3) is 0 Å². The van der Waals surface area contributed by atoms with Gasteiger partial charge in [-0.3, -0.25) is 4.79 Å². The van der Waals surface area contributed by atoms with Crippen LogP contribution in [-0.4, -0.2) is 42.1 Å². The van der Waals surface area contributed by atoms with Gasteiger partial charge in [0.15, 0.2) is 0 Å². The molecule has 1 fully saturated rings. The summed E-state index contributed by atoms with van der Waals surface area (Å²) in [5.74, 6) is -1.20. The molecule has 2 N–H and O–H groups in total. The Hall–Kier alpha value is -1.26. The zero-order chi connectivity index (χ0) is 8.43. The summed E-state index contributed by atoms with van der Waals surface area (Å²) >= 11 is 0. The van der Waals surface area contributed by atoms with Gasteiger partial charge in [-0.1, -0.05) is 0 Å². The number of aliphatic carboxylic acids is 1. The number of carbonyl (C=O) groups excluding carboxylic acids is 1. The van der Waals surface area contributed by atoms with Gasteiger partial charge in [0.1, 0.15) is 0 Å². The summed E-state index contributed by atoms with van der Waals surface area (Å²) in [6.45, 7) is 0.657. The average molecular weight is 158 g/mol. The molecule has 1 heterocycles. The highest BCUT2D eigenvalue weighted by Gasteiger charge is 2.34. The fraction of sp³-hybridized carbons (Fsp3) is 0.667. The van der Waals surface area contributed by atoms with Gasteiger partial charge < -0.3 is 15.3 Å². The quantitative estimate of drug-likeness (QED) is 0.532. The second kappa shape index (κ2) is 2.77. The van der Waals surface area contributed by atoms with Crippen LogP contribution in [0.15, 0.2) is 0 Å². The van der Waals surface area contributed by atoms with E-state index >= 15 is 0 Å². The van der Waals surface area contributed by atoms with Crippen molar-refractivity contribution in [2.75, 3.05) is 20.1 Å². The van der Waals surface area contributed by atoms with Crippen molar-refractivity contribution in [2.45, 2.75) is 0 Å². The summed E-state index contributed by atoms with van der Waals surface area (Å²) in [6.07, 6.45) is 0. The van der Waals surface area contributed by atoms with Crippen molar-refractivity contribution in [3.05, 3.63) is 0 Å². The van der Waals surface area contributed by atoms with Crippen LogP contribution in [0.1, 0.15) is 0 Å². The van der Waals surface area contributed by atoms with Gasteiger partial charge in [-0.2, -0.15) is 0 Å². The second-order valence-electron chi connectivity index (χ2n) is 2.50. The maximum Gasteiger partial charge on any atom is 0.317 e. The number of carbonyl (C=O) groups is 2. The first-order chi connectivity index (χ1) is 5.15. The smallest absolute Gasteiger partial charge is 0.317 e. The Kier molecular flexibility index (Phi) is 1.98. The largest absolute Gasteiger partial charge is 0.481 e. The third-order valence-corrected chi connectivity index (χ3v) is 1.73. The van der Waals surface area contributed by atoms with Crippen molar-refractivity contribution in [1.29, 1.82) is 0 Å². The normalized spacial score (nSPS) is 17.4. The van der Waals surface area contributed by atoms with Crippen LogP contribution < -0.4 is 5.32 Å². The molecule has 0 unspecified atom stereocenters. The van der Waals surface area contributed by atoms with E-state index in [4.69, 9.17) is 5.11 Å². The van der Waals surface area contributed by atoms with Gasteiger partial charge in [-0.25, -0.2) is 4.79 Å². The summed E-state index contributed by atoms with van der Waals surface area (Å²) in [5, 5.41) is 10.9. The van der Waals surface area contributed by atoms with Crippen LogP contribution in [-0.2, 0) is 4.79 Å². The highest BCUT2D eigenvalue weighted by Crippen LogP contribution is 2.14. The predicted octanol–water partition coefficient (Wildman–Crippen LogP) is -0.658. The number of likely N-dealkylation sites (tertiary alicyclic amines) is 1. The number of nitrogens with zero attached hydrogens (tertiary/aromatic N) is 1. The Labute approximate surface area is 64.0 Å². The SMILES string of the molecule is CNC(=O)N1CC(C(=O)O)C1. The van der Waals surface area contributed by atoms with E-state index in [1.165, 1.54) is 11.9 Å². The number of hydrogen-bond acceptors (Lipinski definition) is 2. The topological polar surface area (TPSA) is 69.6 Å². The van der Waals surface area contributed by atoms with Crippen LogP contribution in [0, 0.1) is 5.92 Å². The van der Waals surface area contributed by atoms with Gasteiger partial charge in [0, 0.05) is 20.1 Å². The van der Waals surface area contributed by atoms with E-state index in [9.17, 15) is 9.59 Å². The number of urea groups is 1. The summed E-state index contributed by atoms with van der Waals surface area (Å²) < 4.78 is 0. The van der Waals surface area contributed by atoms with Gasteiger partial charge in [0.05, 0.1) is 5.92 Å². The third kappa shape index (κ3) is 1.42. The molecule has 5 nitrogen and oxygen atoms in total. The first-order valence-electron chi connectivity index (χ1n) is 3.34. The Morgan fingerprint density at radius 2 is 2.09 bits per heavy atom. The molecule has 0 spiro atoms. The van der Waals surface area contributed by atoms with E-state index in [0.29, 0.717) is 13.1 Å². The van der Waals surface area contributed by atoms with Gasteiger partial charge in [0.2, 0.25) is 0 Å². The molecular weight excluding hydrogens is 148 g/mol. The molecule has 0 saturated carbocycles. The Morgan fingerprint density at radius 3 is 2.45 bits per heavy atom. The van der Waals surface area contributed by atoms with Crippen molar-refractivity contribution in [2.24, 2.45) is 5.92 Å². The Balaban J connectivity index is 2.29. The summed E-state index contributed by atoms with van der Waals surface area (Å²) in [7, 11) is 1.52. The fourth-order valence-corrected chi connectivity index (χ4v) is 0.959. The number of amides is 2. The molecule has 1 aliphatic heterocycles. The van der Waals surface area contributed by atoms with Crippen LogP contribution in [0.5, 0.6) is 0 Å². The fourth-order valence-electron chi connectivity index (χ4n) is 0.959. The molecule has 5 heteroatoms. The van der Waals surface area contributed by atoms with E-state index in [1.54, 1.807) is 0 Å². The molecule has 62 valence electrons. The monoisotopic (exact) mass is 158 g/mol. The number of carboxylic acid groups (broad SMARTS) is 1. The molecule has 11 heavy (non-hydrogen) atoms. The molecule has 0 aromatic carbocycles. The predicted molar refractivity (Wildman–Crippen MR) is 37.2 cm³/mol. The number of hydrogen-bond donors (Lipinski definition) is 2. The highest BCUT2D eigenvalue weighted by molar-refractivity contribution is 5.79. The molecule has 1 saturated heterocycles. The Morgan fingerprint density at radius 1 is 1.55 bits per heavy atom. The lowest BCUT2D eigenvalue weighted by molar-refractivity contribution is -0.146. The van der Waals surface area contributed by atoms with E-state index in [0.717, 1.165) is 0 Å². The van der Waals surface area contributed by atoms with Crippen LogP contribution >= 0.6 is 0 Å². The van der Waals surface area contributed by atoms with Crippen molar-refractivity contribution in [3.8, 4) is 0 Å². The van der Waals surface area contributed by atoms with E-state index in [2.05, 4.69) is 5.32 Å². The van der Waals surface area contributed by atoms with Gasteiger partial charge in [-0.15, -0.1) is 0 Å². The number of rotatable bonds is 1. The molecule has 0 aromatic rings. The van der Waals surface area contributed by atoms with Gasteiger partial charge in [-0.05, 0) is 0 Å². The lowest BCUT2D eigenvalue weighted by atomic mass is 10.0. The lowest BCUT2D eigenvalue weighted by Crippen LogP contribution is -2.55. The van der Waals surface area contributed by atoms with Crippen molar-refractivity contribution in [1.82, 2.24) is 10.2 Å². The molecular formula is C6H10N2O3. The molecule has 0 radical (unpaired) electrons. The average Bonchev–Trinajstić information content (AvgIpc) is 1.83. The molecule has 0 bridgehead atoms. The summed E-state index contributed by atoms with van der Waals surface area (Å²) in [4.78, 5) is 22.5. The standard InChI is InChI=1S/C6H10N2O3/c1-7-6(11)8-2-4(3-8)5(9)10/h4H,2-3H2,1H3,(H,7,11)(H,9,10). The van der Waals surface area contributed by atoms with Crippen LogP contribution in [0.3, 0.4) is 0 Å². The second-order valence-corrected chi connectivity index (χ2v) is 2.50. The van der Waals surface area contributed by atoms with Gasteiger partial charge >= 0.3 is 12.0 Å². The van der Waals surface area contributed by atoms with E-state index in [-0.39, 0.29) is 11.9 Å². The molecule has 0 aromatic heterocycles. The lowest BCUT2D eigenvalue weighted by Gasteiger charge is -2.35. The number of carboxylic acids is 1. The zero-order valence-electron chi connectivity index (χ0n) is 6.20. The van der Waals surface area contributed by atoms with Crippen molar-refractivity contribution >= 4 is 12.0 Å². The van der Waals surface area contributed by atoms with E-state index in [1.807, 2.05) is 0 Å². The van der Waals surface area contributed by atoms with Gasteiger partial charge in [0.25, 0.3) is 0 Å². The van der Waals surface area contributed by atoms with Crippen LogP contribution in [0.2, 0.25) is 0 Å². The minimum absolute atomic E-state index is 0.206. The molecule has 1 aliphatic rings. The Bertz CT molecular complexity index is 186. The first-order valence-corrected chi connectivity index (χ1v) is 3.34. The van der Waals surface area contributed by atoms with E-state index < -0.39 is 5.97 Å². The molecule has 1 rings (SSSR count). The van der Waals surface area contributed by atoms with Crippen molar-refractivity contribution < 1.29 is 14.7 Å². The third-order valence-electron chi connectivity index (χ3n) is 1.73. The zero-order valence-corrected chi connectivity index (χ0v) is 6.20. The molecule has 0 aliphatic carbocycles.